The van der Waals surface area contributed by atoms with Gasteiger partial charge in [-0.05, 0) is 310 Å². The molecule has 16 aliphatic carbocycles. The summed E-state index contributed by atoms with van der Waals surface area (Å²) in [6, 6.07) is 0. The number of aliphatic hydroxyl groups is 2. The number of ether oxygens (including phenoxy) is 13. The molecule has 0 aromatic heterocycles. The van der Waals surface area contributed by atoms with Crippen molar-refractivity contribution >= 4 is 59.7 Å². The van der Waals surface area contributed by atoms with E-state index in [0.29, 0.717) is 80.6 Å². The number of hydrogen-bond donors (Lipinski definition) is 2. The highest BCUT2D eigenvalue weighted by Crippen LogP contribution is 2.65. The summed E-state index contributed by atoms with van der Waals surface area (Å²) in [6.07, 6.45) is 24.1. The second kappa shape index (κ2) is 35.7. The smallest absolute Gasteiger partial charge is 0.344 e. The zero-order chi connectivity index (χ0) is 87.6. The summed E-state index contributed by atoms with van der Waals surface area (Å²) in [7, 11) is 0. The standard InChI is InChI=1S/C26H42O7.C19H32O2.C18H26O6.C16H22O6.C16H26O4/c1-6-24(4,5)23(28)33-26-14-19-11-20(15-26)13-25(12-19,16-26)32-17(2)22(27)31-18(3)30-21-9-7-8-10-29-21;1-6-18(4,5)17(20)21-19(12(2)3)15-8-13-7-14(10-15)11-16(19)9-13;1-4-18(2,3)17(21)22-9-14(19)24-15-11-5-10-6-12(8-11)16(20)23-13(15)7-10;1-4-16(2,3)15(19)20-7-11(17)21-12-8-5-9-10(6-8)14(18)22-13(9)12;1-4-13(2,3)12(17)20-16-7-11-5-14(18,9-16)8-15(19,6-11)10-16/h17-21H,6-16H2,1-5H3;12-16H,6-11H2,1-5H3;10-13,15H,4-9H2,1-3H3;8-10,12-13H,4-7H2,1-3H3;11,18-19H,4-10H2,1-3H3. The maximum atomic E-state index is 12.9. The maximum Gasteiger partial charge on any atom is 0.344 e. The summed E-state index contributed by atoms with van der Waals surface area (Å²) in [4.78, 5) is 122. The molecular formula is C95H148O25. The van der Waals surface area contributed by atoms with Crippen molar-refractivity contribution in [3.8, 4) is 0 Å². The van der Waals surface area contributed by atoms with Crippen LogP contribution >= 0.6 is 0 Å². The highest BCUT2D eigenvalue weighted by Gasteiger charge is 2.68. The molecule has 20 rings (SSSR count). The van der Waals surface area contributed by atoms with Crippen LogP contribution in [0.5, 0.6) is 0 Å². The van der Waals surface area contributed by atoms with E-state index in [1.54, 1.807) is 41.5 Å². The van der Waals surface area contributed by atoms with Gasteiger partial charge in [0.1, 0.15) is 41.2 Å². The van der Waals surface area contributed by atoms with Gasteiger partial charge in [-0.15, -0.1) is 0 Å². The Kier molecular flexibility index (Phi) is 27.9. The second-order valence-corrected chi connectivity index (χ2v) is 44.0. The van der Waals surface area contributed by atoms with Gasteiger partial charge in [-0.1, -0.05) is 48.5 Å². The third-order valence-electron chi connectivity index (χ3n) is 32.3. The van der Waals surface area contributed by atoms with Crippen LogP contribution in [0.25, 0.3) is 0 Å². The predicted molar refractivity (Wildman–Crippen MR) is 438 cm³/mol. The fraction of sp³-hybridized carbons (Fsp3) is 0.895. The van der Waals surface area contributed by atoms with Crippen molar-refractivity contribution in [2.24, 2.45) is 110 Å². The Hall–Kier alpha value is -5.50. The van der Waals surface area contributed by atoms with Crippen LogP contribution in [0.15, 0.2) is 0 Å². The van der Waals surface area contributed by atoms with Gasteiger partial charge in [-0.25, -0.2) is 14.4 Å². The van der Waals surface area contributed by atoms with E-state index < -0.39 is 98.0 Å². The van der Waals surface area contributed by atoms with Gasteiger partial charge in [-0.3, -0.25) is 33.6 Å². The molecule has 0 spiro atoms. The maximum absolute atomic E-state index is 12.9. The van der Waals surface area contributed by atoms with E-state index in [9.17, 15) is 58.2 Å². The SMILES string of the molecule is CCC(C)(C)C(=O)OC1(C(C)C)C2CC3CC(C2)CC1C3.CCC(C)(C)C(=O)OC12CC3CC(C1)CC(OC(C)C(=O)OC(C)OC1CCCCO1)(C3)C2.CCC(C)(C)C(=O)OC12CC3CC(O)(CC(O)(C3)C1)C2.CCC(C)(C)C(=O)OCC(=O)OC1C2CC3C(=O)OC1C3C2.CCC(C)(C)C(=O)OCC(=O)OC1C2CC3CC(C2)C(=O)OC1C3. The molecule has 0 radical (unpaired) electrons. The van der Waals surface area contributed by atoms with E-state index in [1.807, 2.05) is 69.2 Å². The fourth-order valence-electron chi connectivity index (χ4n) is 24.8. The molecule has 678 valence electrons. The van der Waals surface area contributed by atoms with E-state index in [0.717, 1.165) is 140 Å². The molecule has 4 heterocycles. The van der Waals surface area contributed by atoms with E-state index >= 15 is 0 Å². The average Bonchev–Trinajstić information content (AvgIpc) is 1.14. The Labute approximate surface area is 713 Å². The normalized spacial score (nSPS) is 38.7. The molecule has 20 fully saturated rings. The van der Waals surface area contributed by atoms with E-state index in [-0.39, 0.29) is 114 Å². The van der Waals surface area contributed by atoms with E-state index in [2.05, 4.69) is 20.8 Å². The van der Waals surface area contributed by atoms with Crippen LogP contribution in [0.1, 0.15) is 331 Å². The minimum absolute atomic E-state index is 0.00636. The minimum atomic E-state index is -0.842. The van der Waals surface area contributed by atoms with E-state index in [4.69, 9.17) is 61.6 Å². The van der Waals surface area contributed by atoms with E-state index in [1.165, 1.54) is 32.1 Å². The molecule has 25 nitrogen and oxygen atoms in total. The molecule has 17 atom stereocenters. The Morgan fingerprint density at radius 3 is 1.45 bits per heavy atom. The summed E-state index contributed by atoms with van der Waals surface area (Å²) < 4.78 is 73.8. The average molecular weight is 1690 g/mol. The first-order chi connectivity index (χ1) is 56.1. The fourth-order valence-corrected chi connectivity index (χ4v) is 24.8. The number of hydrogen-bond acceptors (Lipinski definition) is 25. The van der Waals surface area contributed by atoms with Gasteiger partial charge in [0.05, 0.1) is 55.7 Å². The highest BCUT2D eigenvalue weighted by atomic mass is 16.8. The Morgan fingerprint density at radius 1 is 0.467 bits per heavy atom. The van der Waals surface area contributed by atoms with Crippen molar-refractivity contribution in [3.63, 3.8) is 0 Å². The molecule has 0 aromatic carbocycles. The van der Waals surface area contributed by atoms with Crippen molar-refractivity contribution in [2.75, 3.05) is 19.8 Å². The van der Waals surface area contributed by atoms with Gasteiger partial charge in [0.15, 0.2) is 25.6 Å². The summed E-state index contributed by atoms with van der Waals surface area (Å²) in [6.45, 7) is 36.6. The quantitative estimate of drug-likeness (QED) is 0.0461. The van der Waals surface area contributed by atoms with Crippen molar-refractivity contribution in [3.05, 3.63) is 0 Å². The lowest BCUT2D eigenvalue weighted by Crippen LogP contribution is -2.67. The van der Waals surface area contributed by atoms with Gasteiger partial charge in [-0.2, -0.15) is 0 Å². The number of esters is 10. The summed E-state index contributed by atoms with van der Waals surface area (Å²) in [5, 5.41) is 21.3. The summed E-state index contributed by atoms with van der Waals surface area (Å²) >= 11 is 0. The second-order valence-electron chi connectivity index (χ2n) is 44.0. The van der Waals surface area contributed by atoms with Gasteiger partial charge < -0.3 is 71.8 Å². The molecule has 16 saturated carbocycles. The van der Waals surface area contributed by atoms with Gasteiger partial charge in [0.25, 0.3) is 0 Å². The number of carbonyl (C=O) groups is 10. The monoisotopic (exact) mass is 1690 g/mol. The third kappa shape index (κ3) is 20.3. The van der Waals surface area contributed by atoms with Crippen LogP contribution in [0.3, 0.4) is 0 Å². The third-order valence-corrected chi connectivity index (χ3v) is 32.3. The minimum Gasteiger partial charge on any atom is -0.459 e. The van der Waals surface area contributed by atoms with Gasteiger partial charge >= 0.3 is 59.7 Å². The molecule has 120 heavy (non-hydrogen) atoms. The summed E-state index contributed by atoms with van der Waals surface area (Å²) in [5.74, 6) is 2.72. The lowest BCUT2D eigenvalue weighted by atomic mass is 9.47. The Morgan fingerprint density at radius 2 is 0.942 bits per heavy atom. The zero-order valence-corrected chi connectivity index (χ0v) is 76.0. The first-order valence-corrected chi connectivity index (χ1v) is 46.5. The molecule has 4 aliphatic heterocycles. The van der Waals surface area contributed by atoms with Crippen LogP contribution in [0, 0.1) is 110 Å². The first kappa shape index (κ1) is 93.7. The van der Waals surface area contributed by atoms with Crippen molar-refractivity contribution < 1.29 is 120 Å². The Balaban J connectivity index is 0.000000139. The van der Waals surface area contributed by atoms with Crippen molar-refractivity contribution in [1.29, 1.82) is 0 Å². The molecule has 17 unspecified atom stereocenters. The van der Waals surface area contributed by atoms with Crippen LogP contribution in [-0.4, -0.2) is 166 Å². The van der Waals surface area contributed by atoms with Gasteiger partial charge in [0, 0.05) is 50.0 Å². The molecular weight excluding hydrogens is 1540 g/mol. The van der Waals surface area contributed by atoms with Crippen LogP contribution in [0.2, 0.25) is 0 Å². The van der Waals surface area contributed by atoms with Crippen molar-refractivity contribution in [2.45, 2.75) is 407 Å². The number of carbonyl (C=O) groups excluding carboxylic acids is 10. The number of rotatable bonds is 26. The Bertz CT molecular complexity index is 3670. The molecule has 18 bridgehead atoms. The van der Waals surface area contributed by atoms with Gasteiger partial charge in [0.2, 0.25) is 6.29 Å². The van der Waals surface area contributed by atoms with Crippen LogP contribution in [0.4, 0.5) is 0 Å². The highest BCUT2D eigenvalue weighted by molar-refractivity contribution is 5.82. The summed E-state index contributed by atoms with van der Waals surface area (Å²) in [5.41, 5.74) is -5.98. The molecule has 0 amide bonds. The largest absolute Gasteiger partial charge is 0.459 e. The molecule has 2 N–H and O–H groups in total. The lowest BCUT2D eigenvalue weighted by Gasteiger charge is -2.62. The molecule has 4 saturated heterocycles. The zero-order valence-electron chi connectivity index (χ0n) is 76.0. The lowest BCUT2D eigenvalue weighted by molar-refractivity contribution is -0.264. The van der Waals surface area contributed by atoms with Crippen LogP contribution < -0.4 is 0 Å². The number of fused-ring (bicyclic) bond motifs is 2. The topological polar surface area (TPSA) is 331 Å². The predicted octanol–water partition coefficient (Wildman–Crippen LogP) is 15.6. The first-order valence-electron chi connectivity index (χ1n) is 46.5. The molecule has 0 aromatic rings. The van der Waals surface area contributed by atoms with Crippen molar-refractivity contribution in [1.82, 2.24) is 0 Å². The molecule has 25 heteroatoms. The van der Waals surface area contributed by atoms with Crippen LogP contribution in [-0.2, 0) is 110 Å². The molecule has 20 aliphatic rings.